The van der Waals surface area contributed by atoms with E-state index in [1.54, 1.807) is 11.1 Å². The Bertz CT molecular complexity index is 421. The quantitative estimate of drug-likeness (QED) is 0.893. The Labute approximate surface area is 117 Å². The lowest BCUT2D eigenvalue weighted by molar-refractivity contribution is 0.141. The lowest BCUT2D eigenvalue weighted by Gasteiger charge is -2.37. The van der Waals surface area contributed by atoms with Crippen LogP contribution in [0.1, 0.15) is 37.3 Å². The van der Waals surface area contributed by atoms with Crippen LogP contribution < -0.4 is 5.32 Å². The predicted octanol–water partition coefficient (Wildman–Crippen LogP) is 2.82. The highest BCUT2D eigenvalue weighted by molar-refractivity contribution is 5.29. The zero-order valence-electron chi connectivity index (χ0n) is 12.1. The SMILES string of the molecule is CCCC1(CN2CCc3ccccc3C2)CCNC1. The van der Waals surface area contributed by atoms with Gasteiger partial charge in [-0.1, -0.05) is 37.6 Å². The van der Waals surface area contributed by atoms with Gasteiger partial charge in [0.15, 0.2) is 0 Å². The van der Waals surface area contributed by atoms with E-state index >= 15 is 0 Å². The summed E-state index contributed by atoms with van der Waals surface area (Å²) >= 11 is 0. The minimum absolute atomic E-state index is 0.543. The number of benzene rings is 1. The van der Waals surface area contributed by atoms with Gasteiger partial charge in [-0.25, -0.2) is 0 Å². The number of hydrogen-bond donors (Lipinski definition) is 1. The molecule has 19 heavy (non-hydrogen) atoms. The van der Waals surface area contributed by atoms with E-state index in [1.165, 1.54) is 51.9 Å². The van der Waals surface area contributed by atoms with Crippen LogP contribution in [0.3, 0.4) is 0 Å². The minimum atomic E-state index is 0.543. The first-order valence-electron chi connectivity index (χ1n) is 7.81. The maximum Gasteiger partial charge on any atom is 0.0236 e. The average molecular weight is 258 g/mol. The minimum Gasteiger partial charge on any atom is -0.316 e. The van der Waals surface area contributed by atoms with Crippen molar-refractivity contribution in [2.24, 2.45) is 5.41 Å². The Balaban J connectivity index is 1.68. The molecule has 3 rings (SSSR count). The fourth-order valence-corrected chi connectivity index (χ4v) is 3.92. The molecule has 0 bridgehead atoms. The number of nitrogens with one attached hydrogen (secondary N) is 1. The van der Waals surface area contributed by atoms with Crippen LogP contribution in [0.4, 0.5) is 0 Å². The normalized spacial score (nSPS) is 27.4. The molecule has 0 aliphatic carbocycles. The van der Waals surface area contributed by atoms with Crippen molar-refractivity contribution in [3.8, 4) is 0 Å². The first kappa shape index (κ1) is 13.1. The van der Waals surface area contributed by atoms with Crippen LogP contribution in [0.25, 0.3) is 0 Å². The van der Waals surface area contributed by atoms with Gasteiger partial charge >= 0.3 is 0 Å². The molecule has 0 aromatic heterocycles. The highest BCUT2D eigenvalue weighted by Gasteiger charge is 2.35. The van der Waals surface area contributed by atoms with E-state index < -0.39 is 0 Å². The Kier molecular flexibility index (Phi) is 3.90. The second-order valence-corrected chi connectivity index (χ2v) is 6.41. The predicted molar refractivity (Wildman–Crippen MR) is 80.3 cm³/mol. The molecular formula is C17H26N2. The van der Waals surface area contributed by atoms with Gasteiger partial charge in [-0.15, -0.1) is 0 Å². The monoisotopic (exact) mass is 258 g/mol. The topological polar surface area (TPSA) is 15.3 Å². The van der Waals surface area contributed by atoms with E-state index in [0.717, 1.165) is 6.54 Å². The van der Waals surface area contributed by atoms with Gasteiger partial charge in [0, 0.05) is 26.2 Å². The molecule has 0 radical (unpaired) electrons. The number of fused-ring (bicyclic) bond motifs is 1. The van der Waals surface area contributed by atoms with Gasteiger partial charge in [0.1, 0.15) is 0 Å². The average Bonchev–Trinajstić information content (AvgIpc) is 2.87. The van der Waals surface area contributed by atoms with E-state index in [2.05, 4.69) is 41.4 Å². The third-order valence-corrected chi connectivity index (χ3v) is 4.88. The molecule has 0 amide bonds. The van der Waals surface area contributed by atoms with Gasteiger partial charge < -0.3 is 5.32 Å². The van der Waals surface area contributed by atoms with Gasteiger partial charge in [-0.2, -0.15) is 0 Å². The van der Waals surface area contributed by atoms with E-state index in [1.807, 2.05) is 0 Å². The zero-order valence-corrected chi connectivity index (χ0v) is 12.1. The summed E-state index contributed by atoms with van der Waals surface area (Å²) in [5.74, 6) is 0. The molecule has 2 aliphatic heterocycles. The van der Waals surface area contributed by atoms with Crippen molar-refractivity contribution in [2.75, 3.05) is 26.2 Å². The van der Waals surface area contributed by atoms with Crippen molar-refractivity contribution in [2.45, 2.75) is 39.2 Å². The molecule has 1 aromatic carbocycles. The molecule has 1 atom stereocenters. The van der Waals surface area contributed by atoms with E-state index in [-0.39, 0.29) is 0 Å². The maximum absolute atomic E-state index is 3.58. The number of rotatable bonds is 4. The third kappa shape index (κ3) is 2.85. The third-order valence-electron chi connectivity index (χ3n) is 4.88. The van der Waals surface area contributed by atoms with E-state index in [4.69, 9.17) is 0 Å². The summed E-state index contributed by atoms with van der Waals surface area (Å²) in [5.41, 5.74) is 3.65. The molecule has 1 unspecified atom stereocenters. The summed E-state index contributed by atoms with van der Waals surface area (Å²) in [7, 11) is 0. The Morgan fingerprint density at radius 2 is 2.11 bits per heavy atom. The molecule has 2 heteroatoms. The Hall–Kier alpha value is -0.860. The van der Waals surface area contributed by atoms with Crippen molar-refractivity contribution < 1.29 is 0 Å². The lowest BCUT2D eigenvalue weighted by atomic mass is 9.81. The molecule has 104 valence electrons. The molecule has 2 heterocycles. The van der Waals surface area contributed by atoms with Crippen LogP contribution in [0, 0.1) is 5.41 Å². The van der Waals surface area contributed by atoms with Crippen LogP contribution >= 0.6 is 0 Å². The summed E-state index contributed by atoms with van der Waals surface area (Å²) in [6, 6.07) is 8.96. The van der Waals surface area contributed by atoms with Crippen molar-refractivity contribution in [1.82, 2.24) is 10.2 Å². The van der Waals surface area contributed by atoms with Crippen LogP contribution in [0.15, 0.2) is 24.3 Å². The molecule has 0 spiro atoms. The molecule has 1 N–H and O–H groups in total. The standard InChI is InChI=1S/C17H26N2/c1-2-8-17(9-10-18-13-17)14-19-11-7-15-5-3-4-6-16(15)12-19/h3-6,18H,2,7-14H2,1H3. The fraction of sp³-hybridized carbons (Fsp3) is 0.647. The molecule has 2 aliphatic rings. The number of hydrogen-bond acceptors (Lipinski definition) is 2. The van der Waals surface area contributed by atoms with Crippen molar-refractivity contribution >= 4 is 0 Å². The Morgan fingerprint density at radius 3 is 2.84 bits per heavy atom. The molecule has 2 nitrogen and oxygen atoms in total. The van der Waals surface area contributed by atoms with Gasteiger partial charge in [-0.05, 0) is 42.3 Å². The second-order valence-electron chi connectivity index (χ2n) is 6.41. The van der Waals surface area contributed by atoms with Gasteiger partial charge in [0.2, 0.25) is 0 Å². The summed E-state index contributed by atoms with van der Waals surface area (Å²) in [4.78, 5) is 2.69. The summed E-state index contributed by atoms with van der Waals surface area (Å²) in [6.45, 7) is 8.43. The molecule has 1 saturated heterocycles. The molecule has 0 saturated carbocycles. The Morgan fingerprint density at radius 1 is 1.26 bits per heavy atom. The smallest absolute Gasteiger partial charge is 0.0236 e. The highest BCUT2D eigenvalue weighted by atomic mass is 15.1. The molecule has 1 aromatic rings. The van der Waals surface area contributed by atoms with Crippen molar-refractivity contribution in [1.29, 1.82) is 0 Å². The first-order valence-corrected chi connectivity index (χ1v) is 7.81. The maximum atomic E-state index is 3.58. The van der Waals surface area contributed by atoms with Crippen molar-refractivity contribution in [3.05, 3.63) is 35.4 Å². The summed E-state index contributed by atoms with van der Waals surface area (Å²) in [5, 5.41) is 3.58. The molecule has 1 fully saturated rings. The molecular weight excluding hydrogens is 232 g/mol. The summed E-state index contributed by atoms with van der Waals surface area (Å²) in [6.07, 6.45) is 5.27. The fourth-order valence-electron chi connectivity index (χ4n) is 3.92. The van der Waals surface area contributed by atoms with Crippen LogP contribution in [-0.2, 0) is 13.0 Å². The highest BCUT2D eigenvalue weighted by Crippen LogP contribution is 2.33. The van der Waals surface area contributed by atoms with Gasteiger partial charge in [0.05, 0.1) is 0 Å². The van der Waals surface area contributed by atoms with Crippen LogP contribution in [0.2, 0.25) is 0 Å². The van der Waals surface area contributed by atoms with E-state index in [9.17, 15) is 0 Å². The second kappa shape index (κ2) is 5.64. The lowest BCUT2D eigenvalue weighted by Crippen LogP contribution is -2.41. The van der Waals surface area contributed by atoms with Gasteiger partial charge in [-0.3, -0.25) is 4.90 Å². The number of nitrogens with zero attached hydrogens (tertiary/aromatic N) is 1. The van der Waals surface area contributed by atoms with Gasteiger partial charge in [0.25, 0.3) is 0 Å². The first-order chi connectivity index (χ1) is 9.31. The van der Waals surface area contributed by atoms with Crippen LogP contribution in [-0.4, -0.2) is 31.1 Å². The van der Waals surface area contributed by atoms with Crippen molar-refractivity contribution in [3.63, 3.8) is 0 Å². The van der Waals surface area contributed by atoms with Crippen LogP contribution in [0.5, 0.6) is 0 Å². The zero-order chi connectivity index (χ0) is 13.1. The summed E-state index contributed by atoms with van der Waals surface area (Å²) < 4.78 is 0. The largest absolute Gasteiger partial charge is 0.316 e. The van der Waals surface area contributed by atoms with E-state index in [0.29, 0.717) is 5.41 Å².